The van der Waals surface area contributed by atoms with E-state index in [4.69, 9.17) is 23.2 Å². The molecule has 2 amide bonds. The molecule has 0 spiro atoms. The topological polar surface area (TPSA) is 70.6 Å². The molecule has 25 heavy (non-hydrogen) atoms. The zero-order valence-corrected chi connectivity index (χ0v) is 16.0. The Hall–Kier alpha value is -1.89. The van der Waals surface area contributed by atoms with Crippen molar-refractivity contribution in [3.05, 3.63) is 62.5 Å². The van der Waals surface area contributed by atoms with Gasteiger partial charge in [0.25, 0.3) is 0 Å². The minimum atomic E-state index is -0.362. The number of benzene rings is 2. The van der Waals surface area contributed by atoms with Crippen LogP contribution in [0.3, 0.4) is 0 Å². The van der Waals surface area contributed by atoms with Crippen molar-refractivity contribution in [2.24, 2.45) is 5.10 Å². The van der Waals surface area contributed by atoms with E-state index in [1.165, 1.54) is 6.21 Å². The predicted molar refractivity (Wildman–Crippen MR) is 104 cm³/mol. The highest BCUT2D eigenvalue weighted by Gasteiger charge is 2.09. The van der Waals surface area contributed by atoms with Gasteiger partial charge in [0.05, 0.1) is 16.9 Å². The van der Waals surface area contributed by atoms with Crippen LogP contribution in [0.15, 0.2) is 52.0 Å². The van der Waals surface area contributed by atoms with E-state index in [9.17, 15) is 9.59 Å². The molecule has 0 aromatic heterocycles. The normalized spacial score (nSPS) is 10.7. The van der Waals surface area contributed by atoms with Gasteiger partial charge in [-0.1, -0.05) is 51.3 Å². The summed E-state index contributed by atoms with van der Waals surface area (Å²) in [5.41, 5.74) is 3.62. The number of nitrogens with one attached hydrogen (secondary N) is 2. The molecule has 0 fully saturated rings. The third-order valence-electron chi connectivity index (χ3n) is 3.03. The molecule has 0 saturated carbocycles. The summed E-state index contributed by atoms with van der Waals surface area (Å²) in [5.74, 6) is -0.700. The lowest BCUT2D eigenvalue weighted by atomic mass is 10.2. The molecule has 0 radical (unpaired) electrons. The summed E-state index contributed by atoms with van der Waals surface area (Å²) in [6.45, 7) is 0. The molecule has 0 bridgehead atoms. The smallest absolute Gasteiger partial charge is 0.240 e. The van der Waals surface area contributed by atoms with E-state index in [1.54, 1.807) is 18.2 Å². The summed E-state index contributed by atoms with van der Waals surface area (Å²) in [6, 6.07) is 12.2. The van der Waals surface area contributed by atoms with Crippen LogP contribution >= 0.6 is 39.1 Å². The summed E-state index contributed by atoms with van der Waals surface area (Å²) in [7, 11) is 0. The summed E-state index contributed by atoms with van der Waals surface area (Å²) < 4.78 is 0.916. The number of hydrazone groups is 1. The maximum absolute atomic E-state index is 11.9. The number of hydrogen-bond donors (Lipinski definition) is 2. The van der Waals surface area contributed by atoms with Gasteiger partial charge in [-0.05, 0) is 35.9 Å². The van der Waals surface area contributed by atoms with Crippen molar-refractivity contribution in [1.82, 2.24) is 5.43 Å². The molecule has 2 aromatic rings. The average Bonchev–Trinajstić information content (AvgIpc) is 2.56. The Bertz CT molecular complexity index is 812. The molecule has 0 aliphatic carbocycles. The van der Waals surface area contributed by atoms with Crippen LogP contribution in [-0.4, -0.2) is 18.0 Å². The molecule has 0 aliphatic rings. The van der Waals surface area contributed by atoms with Crippen LogP contribution < -0.4 is 10.7 Å². The van der Waals surface area contributed by atoms with Gasteiger partial charge < -0.3 is 5.32 Å². The van der Waals surface area contributed by atoms with Crippen LogP contribution in [0.4, 0.5) is 5.69 Å². The van der Waals surface area contributed by atoms with Gasteiger partial charge >= 0.3 is 0 Å². The number of nitrogens with zero attached hydrogens (tertiary/aromatic N) is 1. The second-order valence-electron chi connectivity index (χ2n) is 5.02. The van der Waals surface area contributed by atoms with Gasteiger partial charge in [-0.25, -0.2) is 5.43 Å². The largest absolute Gasteiger partial charge is 0.325 e. The van der Waals surface area contributed by atoms with Crippen LogP contribution in [0.5, 0.6) is 0 Å². The van der Waals surface area contributed by atoms with Gasteiger partial charge in [-0.15, -0.1) is 0 Å². The standard InChI is InChI=1S/C17H14BrCl2N3O2/c18-12-3-1-2-11(8-12)10-21-23-17(25)7-6-16(24)22-15-9-13(19)4-5-14(15)20/h1-5,8-10H,6-7H2,(H,22,24)(H,23,25)/b21-10-. The Kier molecular flexibility index (Phi) is 7.43. The molecular weight excluding hydrogens is 429 g/mol. The first-order valence-electron chi connectivity index (χ1n) is 7.26. The maximum atomic E-state index is 11.9. The Morgan fingerprint density at radius 3 is 2.60 bits per heavy atom. The predicted octanol–water partition coefficient (Wildman–Crippen LogP) is 4.62. The van der Waals surface area contributed by atoms with E-state index in [1.807, 2.05) is 24.3 Å². The molecule has 0 unspecified atom stereocenters. The van der Waals surface area contributed by atoms with E-state index in [2.05, 4.69) is 31.8 Å². The van der Waals surface area contributed by atoms with E-state index in [0.717, 1.165) is 10.0 Å². The molecular formula is C17H14BrCl2N3O2. The first kappa shape index (κ1) is 19.4. The molecule has 0 heterocycles. The SMILES string of the molecule is O=C(CCC(=O)Nc1cc(Cl)ccc1Cl)N/N=C\c1cccc(Br)c1. The summed E-state index contributed by atoms with van der Waals surface area (Å²) >= 11 is 15.2. The van der Waals surface area contributed by atoms with Crippen LogP contribution in [0.1, 0.15) is 18.4 Å². The molecule has 130 valence electrons. The lowest BCUT2D eigenvalue weighted by Gasteiger charge is -2.07. The van der Waals surface area contributed by atoms with E-state index >= 15 is 0 Å². The molecule has 0 saturated heterocycles. The summed E-state index contributed by atoms with van der Waals surface area (Å²) in [6.07, 6.45) is 1.52. The molecule has 5 nitrogen and oxygen atoms in total. The van der Waals surface area contributed by atoms with Crippen LogP contribution in [0.25, 0.3) is 0 Å². The van der Waals surface area contributed by atoms with Crippen molar-refractivity contribution < 1.29 is 9.59 Å². The molecule has 2 rings (SSSR count). The number of rotatable bonds is 6. The Morgan fingerprint density at radius 2 is 1.84 bits per heavy atom. The number of amides is 2. The van der Waals surface area contributed by atoms with Gasteiger partial charge in [0.15, 0.2) is 0 Å². The summed E-state index contributed by atoms with van der Waals surface area (Å²) in [5, 5.41) is 7.30. The van der Waals surface area contributed by atoms with E-state index < -0.39 is 0 Å². The Morgan fingerprint density at radius 1 is 1.08 bits per heavy atom. The third kappa shape index (κ3) is 6.86. The summed E-state index contributed by atoms with van der Waals surface area (Å²) in [4.78, 5) is 23.6. The fraction of sp³-hybridized carbons (Fsp3) is 0.118. The highest BCUT2D eigenvalue weighted by molar-refractivity contribution is 9.10. The minimum absolute atomic E-state index is 0.000157. The van der Waals surface area contributed by atoms with Gasteiger partial charge in [-0.2, -0.15) is 5.10 Å². The van der Waals surface area contributed by atoms with Crippen molar-refractivity contribution in [2.45, 2.75) is 12.8 Å². The van der Waals surface area contributed by atoms with Gasteiger partial charge in [0.2, 0.25) is 11.8 Å². The molecule has 0 aliphatic heterocycles. The van der Waals surface area contributed by atoms with Crippen molar-refractivity contribution >= 4 is 62.8 Å². The van der Waals surface area contributed by atoms with Crippen LogP contribution in [0, 0.1) is 0 Å². The molecule has 8 heteroatoms. The number of carbonyl (C=O) groups is 2. The first-order valence-corrected chi connectivity index (χ1v) is 8.81. The van der Waals surface area contributed by atoms with Crippen LogP contribution in [-0.2, 0) is 9.59 Å². The lowest BCUT2D eigenvalue weighted by molar-refractivity contribution is -0.124. The highest BCUT2D eigenvalue weighted by atomic mass is 79.9. The quantitative estimate of drug-likeness (QED) is 0.505. The fourth-order valence-electron chi connectivity index (χ4n) is 1.85. The second-order valence-corrected chi connectivity index (χ2v) is 6.78. The third-order valence-corrected chi connectivity index (χ3v) is 4.09. The van der Waals surface area contributed by atoms with Crippen molar-refractivity contribution in [3.8, 4) is 0 Å². The van der Waals surface area contributed by atoms with E-state index in [0.29, 0.717) is 15.7 Å². The monoisotopic (exact) mass is 441 g/mol. The van der Waals surface area contributed by atoms with Crippen LogP contribution in [0.2, 0.25) is 10.0 Å². The van der Waals surface area contributed by atoms with Gasteiger partial charge in [-0.3, -0.25) is 9.59 Å². The lowest BCUT2D eigenvalue weighted by Crippen LogP contribution is -2.20. The molecule has 2 N–H and O–H groups in total. The number of carbonyl (C=O) groups excluding carboxylic acids is 2. The zero-order valence-electron chi connectivity index (χ0n) is 12.9. The van der Waals surface area contributed by atoms with E-state index in [-0.39, 0.29) is 24.7 Å². The number of halogens is 3. The zero-order chi connectivity index (χ0) is 18.2. The Balaban J connectivity index is 1.77. The van der Waals surface area contributed by atoms with Crippen molar-refractivity contribution in [3.63, 3.8) is 0 Å². The maximum Gasteiger partial charge on any atom is 0.240 e. The van der Waals surface area contributed by atoms with Crippen molar-refractivity contribution in [1.29, 1.82) is 0 Å². The molecule has 2 aromatic carbocycles. The fourth-order valence-corrected chi connectivity index (χ4v) is 2.61. The number of hydrogen-bond acceptors (Lipinski definition) is 3. The minimum Gasteiger partial charge on any atom is -0.325 e. The first-order chi connectivity index (χ1) is 11.9. The second kappa shape index (κ2) is 9.56. The highest BCUT2D eigenvalue weighted by Crippen LogP contribution is 2.25. The Labute approximate surface area is 163 Å². The van der Waals surface area contributed by atoms with Crippen molar-refractivity contribution in [2.75, 3.05) is 5.32 Å². The molecule has 0 atom stereocenters. The number of anilines is 1. The average molecular weight is 443 g/mol. The van der Waals surface area contributed by atoms with Gasteiger partial charge in [0, 0.05) is 22.3 Å². The van der Waals surface area contributed by atoms with Gasteiger partial charge in [0.1, 0.15) is 0 Å².